The molecule has 0 spiro atoms. The average Bonchev–Trinajstić information content (AvgIpc) is 2.55. The minimum absolute atomic E-state index is 0.0110. The van der Waals surface area contributed by atoms with Crippen LogP contribution < -0.4 is 0 Å². The molecule has 28 atom stereocenters. The Morgan fingerprint density at radius 2 is 0.526 bits per heavy atom. The standard InChI is InChI=1S/C68H100O9Si/c1-57(2,65(29-17-41-49(33-65)69-41)61-21-9-37(61)53-45(73-53)13-25-61)77-78(58(3,4)66(30-18-42-50(34-66)70-42)62-22-10-38(62)54-46(74-54)14-26-62,59(5,6)67(31-19-43-51(35-67)71-43)63-23-11-39(63)55-47(75-55)15-27-63)60(7,8)68(32-20-44-52(36-68)72-44)64-24-12-40(64)56-48(76-56)16-28-64/h37-56H,9-36H2,1-8H3. The van der Waals surface area contributed by atoms with Gasteiger partial charge in [0.1, 0.15) is 0 Å². The van der Waals surface area contributed by atoms with Crippen molar-refractivity contribution in [2.75, 3.05) is 0 Å². The van der Waals surface area contributed by atoms with Crippen LogP contribution in [0.5, 0.6) is 0 Å². The van der Waals surface area contributed by atoms with Crippen molar-refractivity contribution < 1.29 is 42.3 Å². The highest BCUT2D eigenvalue weighted by Crippen LogP contribution is 2.92. The molecule has 430 valence electrons. The molecule has 28 unspecified atom stereocenters. The Bertz CT molecular complexity index is 2430. The Balaban J connectivity index is 0.887. The number of ether oxygens (including phenoxy) is 8. The van der Waals surface area contributed by atoms with E-state index in [1.807, 2.05) is 0 Å². The number of hydrogen-bond donors (Lipinski definition) is 0. The summed E-state index contributed by atoms with van der Waals surface area (Å²) in [6, 6.07) is 0. The summed E-state index contributed by atoms with van der Waals surface area (Å²) in [7, 11) is -3.63. The monoisotopic (exact) mass is 1090 g/mol. The SMILES string of the molecule is CC(C)(O[Si](C(C)(C)C1(C23CCC4OC4C2CC3)CCC2OC2C1)(C(C)(C)C1(C23CCC4OC4C2CC3)CCC2OC2C1)C(C)(C)C1(C23CCC4OC4C2CC3)CCC2OC2C1)C1(C23CCC4OC4C2CC3)CCC2OC2C1. The van der Waals surface area contributed by atoms with Crippen molar-refractivity contribution in [1.29, 1.82) is 0 Å². The van der Waals surface area contributed by atoms with E-state index in [0.717, 1.165) is 0 Å². The molecule has 0 aromatic carbocycles. The van der Waals surface area contributed by atoms with Crippen LogP contribution in [0, 0.1) is 67.0 Å². The summed E-state index contributed by atoms with van der Waals surface area (Å²) in [4.78, 5) is 0. The van der Waals surface area contributed by atoms with E-state index in [-0.39, 0.29) is 58.4 Å². The van der Waals surface area contributed by atoms with Gasteiger partial charge < -0.3 is 42.3 Å². The normalized spacial score (nSPS) is 62.6. The molecule has 0 aromatic rings. The zero-order chi connectivity index (χ0) is 52.2. The molecule has 12 aliphatic carbocycles. The maximum Gasteiger partial charge on any atom is 0.211 e. The van der Waals surface area contributed by atoms with Gasteiger partial charge in [-0.1, -0.05) is 41.5 Å². The quantitative estimate of drug-likeness (QED) is 0.132. The van der Waals surface area contributed by atoms with Crippen molar-refractivity contribution in [2.45, 2.75) is 354 Å². The van der Waals surface area contributed by atoms with Crippen LogP contribution in [0.2, 0.25) is 15.1 Å². The first kappa shape index (κ1) is 49.0. The van der Waals surface area contributed by atoms with E-state index in [1.54, 1.807) is 0 Å². The lowest BCUT2D eigenvalue weighted by molar-refractivity contribution is -0.231. The molecule has 8 saturated heterocycles. The number of fused-ring (bicyclic) bond motifs is 16. The third-order valence-electron chi connectivity index (χ3n) is 34.0. The zero-order valence-electron chi connectivity index (χ0n) is 49.5. The highest BCUT2D eigenvalue weighted by atomic mass is 28.4. The summed E-state index contributed by atoms with van der Waals surface area (Å²) in [5.74, 6) is 2.59. The van der Waals surface area contributed by atoms with E-state index in [9.17, 15) is 4.43 Å². The molecular weight excluding hydrogens is 989 g/mol. The number of epoxide rings is 8. The lowest BCUT2D eigenvalue weighted by Gasteiger charge is -2.82. The molecule has 8 heterocycles. The Hall–Kier alpha value is -0.143. The Kier molecular flexibility index (Phi) is 9.09. The second kappa shape index (κ2) is 14.5. The highest BCUT2D eigenvalue weighted by molar-refractivity contribution is 6.83. The molecule has 0 N–H and O–H groups in total. The summed E-state index contributed by atoms with van der Waals surface area (Å²) in [6.07, 6.45) is 42.8. The smallest absolute Gasteiger partial charge is 0.211 e. The fourth-order valence-corrected chi connectivity index (χ4v) is 40.1. The molecule has 20 rings (SSSR count). The van der Waals surface area contributed by atoms with Gasteiger partial charge in [0, 0.05) is 5.41 Å². The minimum atomic E-state index is -3.63. The first-order valence-electron chi connectivity index (χ1n) is 34.3. The summed E-state index contributed by atoms with van der Waals surface area (Å²) in [6.45, 7) is 24.0. The molecule has 12 saturated carbocycles. The Labute approximate surface area is 469 Å². The van der Waals surface area contributed by atoms with E-state index in [1.165, 1.54) is 180 Å². The largest absolute Gasteiger partial charge is 0.410 e. The average molecular weight is 1090 g/mol. The molecule has 0 aromatic heterocycles. The number of rotatable bonds is 13. The van der Waals surface area contributed by atoms with Gasteiger partial charge >= 0.3 is 0 Å². The van der Waals surface area contributed by atoms with E-state index in [4.69, 9.17) is 37.9 Å². The van der Waals surface area contributed by atoms with Gasteiger partial charge in [0.15, 0.2) is 0 Å². The third-order valence-corrected chi connectivity index (χ3v) is 41.5. The molecule has 0 bridgehead atoms. The summed E-state index contributed by atoms with van der Waals surface area (Å²) >= 11 is 0. The van der Waals surface area contributed by atoms with Crippen LogP contribution in [0.3, 0.4) is 0 Å². The maximum atomic E-state index is 10.4. The van der Waals surface area contributed by atoms with Gasteiger partial charge in [-0.3, -0.25) is 0 Å². The molecular formula is C68H100O9Si. The number of hydrogen-bond acceptors (Lipinski definition) is 9. The maximum absolute atomic E-state index is 10.4. The molecule has 8 aliphatic heterocycles. The third kappa shape index (κ3) is 5.24. The van der Waals surface area contributed by atoms with Gasteiger partial charge in [-0.2, -0.15) is 0 Å². The second-order valence-electron chi connectivity index (χ2n) is 35.2. The first-order chi connectivity index (χ1) is 37.3. The molecule has 78 heavy (non-hydrogen) atoms. The van der Waals surface area contributed by atoms with Crippen molar-refractivity contribution in [1.82, 2.24) is 0 Å². The summed E-state index contributed by atoms with van der Waals surface area (Å²) in [5, 5.41) is -0.503. The minimum Gasteiger partial charge on any atom is -0.410 e. The fraction of sp³-hybridized carbons (Fsp3) is 1.00. The summed E-state index contributed by atoms with van der Waals surface area (Å²) < 4.78 is 66.0. The van der Waals surface area contributed by atoms with E-state index in [2.05, 4.69) is 55.4 Å². The van der Waals surface area contributed by atoms with Gasteiger partial charge in [0.25, 0.3) is 0 Å². The van der Waals surface area contributed by atoms with Crippen LogP contribution in [0.25, 0.3) is 0 Å². The van der Waals surface area contributed by atoms with Crippen molar-refractivity contribution in [2.24, 2.45) is 67.0 Å². The molecule has 0 amide bonds. The first-order valence-corrected chi connectivity index (χ1v) is 36.2. The van der Waals surface area contributed by atoms with Gasteiger partial charge in [-0.05, 0) is 270 Å². The van der Waals surface area contributed by atoms with Crippen molar-refractivity contribution in [3.63, 3.8) is 0 Å². The predicted octanol–water partition coefficient (Wildman–Crippen LogP) is 13.6. The van der Waals surface area contributed by atoms with E-state index >= 15 is 0 Å². The van der Waals surface area contributed by atoms with Crippen molar-refractivity contribution in [3.8, 4) is 0 Å². The lowest BCUT2D eigenvalue weighted by Crippen LogP contribution is -2.82. The fourth-order valence-electron chi connectivity index (χ4n) is 30.2. The zero-order valence-corrected chi connectivity index (χ0v) is 50.5. The van der Waals surface area contributed by atoms with Gasteiger partial charge in [-0.15, -0.1) is 0 Å². The van der Waals surface area contributed by atoms with Crippen LogP contribution in [0.15, 0.2) is 0 Å². The van der Waals surface area contributed by atoms with Crippen molar-refractivity contribution >= 4 is 8.32 Å². The van der Waals surface area contributed by atoms with Crippen LogP contribution in [-0.4, -0.2) is 112 Å². The molecule has 0 radical (unpaired) electrons. The van der Waals surface area contributed by atoms with Crippen molar-refractivity contribution in [3.05, 3.63) is 0 Å². The molecule has 20 fully saturated rings. The predicted molar refractivity (Wildman–Crippen MR) is 295 cm³/mol. The van der Waals surface area contributed by atoms with Crippen LogP contribution in [-0.2, 0) is 42.3 Å². The van der Waals surface area contributed by atoms with Crippen LogP contribution >= 0.6 is 0 Å². The van der Waals surface area contributed by atoms with E-state index < -0.39 is 13.9 Å². The van der Waals surface area contributed by atoms with E-state index in [0.29, 0.717) is 121 Å². The van der Waals surface area contributed by atoms with Crippen LogP contribution in [0.1, 0.15) is 235 Å². The Morgan fingerprint density at radius 1 is 0.282 bits per heavy atom. The molecule has 10 heteroatoms. The lowest BCUT2D eigenvalue weighted by atomic mass is 9.37. The molecule has 9 nitrogen and oxygen atoms in total. The van der Waals surface area contributed by atoms with Gasteiger partial charge in [0.2, 0.25) is 8.32 Å². The second-order valence-corrected chi connectivity index (χ2v) is 40.6. The van der Waals surface area contributed by atoms with Gasteiger partial charge in [0.05, 0.1) is 103 Å². The Morgan fingerprint density at radius 3 is 0.795 bits per heavy atom. The van der Waals surface area contributed by atoms with Gasteiger partial charge in [-0.25, -0.2) is 0 Å². The van der Waals surface area contributed by atoms with Crippen LogP contribution in [0.4, 0.5) is 0 Å². The summed E-state index contributed by atoms with van der Waals surface area (Å²) in [5.41, 5.74) is 0.589. The highest BCUT2D eigenvalue weighted by Gasteiger charge is 2.90. The molecule has 20 aliphatic rings. The topological polar surface area (TPSA) is 109 Å².